The highest BCUT2D eigenvalue weighted by molar-refractivity contribution is 7.99. The fourth-order valence-electron chi connectivity index (χ4n) is 2.04. The molecule has 84 valence electrons. The smallest absolute Gasteiger partial charge is 0.248 e. The maximum absolute atomic E-state index is 11.9. The summed E-state index contributed by atoms with van der Waals surface area (Å²) in [5.41, 5.74) is 0.723. The Balaban J connectivity index is 2.06. The minimum Gasteiger partial charge on any atom is -0.341 e. The molecule has 0 aliphatic carbocycles. The SMILES string of the molecule is O=C1Nc2cc(Cl)cnc2N2CCSCC12. The topological polar surface area (TPSA) is 45.2 Å². The van der Waals surface area contributed by atoms with Gasteiger partial charge in [-0.2, -0.15) is 11.8 Å². The van der Waals surface area contributed by atoms with Crippen LogP contribution in [0.2, 0.25) is 5.02 Å². The summed E-state index contributed by atoms with van der Waals surface area (Å²) in [4.78, 5) is 18.2. The number of pyridine rings is 1. The largest absolute Gasteiger partial charge is 0.341 e. The van der Waals surface area contributed by atoms with Crippen molar-refractivity contribution in [2.24, 2.45) is 0 Å². The van der Waals surface area contributed by atoms with Gasteiger partial charge in [-0.1, -0.05) is 11.6 Å². The second-order valence-corrected chi connectivity index (χ2v) is 5.38. The zero-order valence-corrected chi connectivity index (χ0v) is 10.0. The summed E-state index contributed by atoms with van der Waals surface area (Å²) >= 11 is 7.67. The normalized spacial score (nSPS) is 23.4. The third kappa shape index (κ3) is 1.55. The Labute approximate surface area is 102 Å². The van der Waals surface area contributed by atoms with Gasteiger partial charge in [-0.3, -0.25) is 4.79 Å². The van der Waals surface area contributed by atoms with E-state index < -0.39 is 0 Å². The highest BCUT2D eigenvalue weighted by Crippen LogP contribution is 2.34. The number of hydrogen-bond donors (Lipinski definition) is 1. The lowest BCUT2D eigenvalue weighted by atomic mass is 10.1. The van der Waals surface area contributed by atoms with Crippen molar-refractivity contribution >= 4 is 40.8 Å². The monoisotopic (exact) mass is 255 g/mol. The number of anilines is 2. The molecule has 1 saturated heterocycles. The van der Waals surface area contributed by atoms with Crippen molar-refractivity contribution in [1.29, 1.82) is 0 Å². The summed E-state index contributed by atoms with van der Waals surface area (Å²) < 4.78 is 0. The number of hydrogen-bond acceptors (Lipinski definition) is 4. The first-order valence-electron chi connectivity index (χ1n) is 5.06. The zero-order valence-electron chi connectivity index (χ0n) is 8.44. The van der Waals surface area contributed by atoms with Crippen LogP contribution in [0.25, 0.3) is 0 Å². The number of rotatable bonds is 0. The molecule has 1 fully saturated rings. The fourth-order valence-corrected chi connectivity index (χ4v) is 3.25. The molecule has 0 saturated carbocycles. The first kappa shape index (κ1) is 10.2. The van der Waals surface area contributed by atoms with Gasteiger partial charge in [0.15, 0.2) is 5.82 Å². The summed E-state index contributed by atoms with van der Waals surface area (Å²) in [5.74, 6) is 2.75. The lowest BCUT2D eigenvalue weighted by Crippen LogP contribution is -2.53. The number of amides is 1. The van der Waals surface area contributed by atoms with Crippen LogP contribution in [0.4, 0.5) is 11.5 Å². The van der Waals surface area contributed by atoms with Gasteiger partial charge in [-0.25, -0.2) is 4.98 Å². The molecule has 4 nitrogen and oxygen atoms in total. The van der Waals surface area contributed by atoms with Crippen molar-refractivity contribution in [3.05, 3.63) is 17.3 Å². The molecule has 2 aliphatic heterocycles. The van der Waals surface area contributed by atoms with Gasteiger partial charge in [0, 0.05) is 24.2 Å². The van der Waals surface area contributed by atoms with Crippen LogP contribution in [0.15, 0.2) is 12.3 Å². The van der Waals surface area contributed by atoms with E-state index in [1.54, 1.807) is 24.0 Å². The van der Waals surface area contributed by atoms with Gasteiger partial charge in [0.05, 0.1) is 10.7 Å². The van der Waals surface area contributed by atoms with E-state index in [0.717, 1.165) is 29.6 Å². The molecule has 0 spiro atoms. The molecule has 6 heteroatoms. The van der Waals surface area contributed by atoms with Gasteiger partial charge in [-0.05, 0) is 6.07 Å². The number of thioether (sulfide) groups is 1. The number of carbonyl (C=O) groups excluding carboxylic acids is 1. The lowest BCUT2D eigenvalue weighted by molar-refractivity contribution is -0.117. The van der Waals surface area contributed by atoms with E-state index in [1.165, 1.54) is 0 Å². The molecule has 1 atom stereocenters. The van der Waals surface area contributed by atoms with Crippen molar-refractivity contribution in [2.45, 2.75) is 6.04 Å². The molecule has 1 unspecified atom stereocenters. The molecule has 3 rings (SSSR count). The maximum Gasteiger partial charge on any atom is 0.248 e. The summed E-state index contributed by atoms with van der Waals surface area (Å²) in [7, 11) is 0. The first-order chi connectivity index (χ1) is 7.75. The number of fused-ring (bicyclic) bond motifs is 3. The Hall–Kier alpha value is -0.940. The van der Waals surface area contributed by atoms with Crippen LogP contribution < -0.4 is 10.2 Å². The van der Waals surface area contributed by atoms with E-state index in [1.807, 2.05) is 0 Å². The molecule has 3 heterocycles. The third-order valence-electron chi connectivity index (χ3n) is 2.79. The van der Waals surface area contributed by atoms with Gasteiger partial charge in [0.1, 0.15) is 6.04 Å². The summed E-state index contributed by atoms with van der Waals surface area (Å²) in [5, 5.41) is 3.40. The van der Waals surface area contributed by atoms with Crippen LogP contribution in [-0.4, -0.2) is 35.0 Å². The Kier molecular flexibility index (Phi) is 2.44. The lowest BCUT2D eigenvalue weighted by Gasteiger charge is -2.39. The quantitative estimate of drug-likeness (QED) is 0.765. The van der Waals surface area contributed by atoms with Crippen LogP contribution in [0.3, 0.4) is 0 Å². The van der Waals surface area contributed by atoms with Crippen molar-refractivity contribution in [3.8, 4) is 0 Å². The van der Waals surface area contributed by atoms with Crippen LogP contribution in [0.5, 0.6) is 0 Å². The fraction of sp³-hybridized carbons (Fsp3) is 0.400. The Morgan fingerprint density at radius 2 is 2.50 bits per heavy atom. The summed E-state index contributed by atoms with van der Waals surface area (Å²) in [6.07, 6.45) is 1.62. The number of aromatic nitrogens is 1. The number of carbonyl (C=O) groups is 1. The van der Waals surface area contributed by atoms with Crippen LogP contribution >= 0.6 is 23.4 Å². The molecule has 1 amide bonds. The predicted octanol–water partition coefficient (Wildman–Crippen LogP) is 1.61. The summed E-state index contributed by atoms with van der Waals surface area (Å²) in [6.45, 7) is 0.865. The highest BCUT2D eigenvalue weighted by Gasteiger charge is 2.35. The summed E-state index contributed by atoms with van der Waals surface area (Å²) in [6, 6.07) is 1.67. The van der Waals surface area contributed by atoms with E-state index in [0.29, 0.717) is 5.02 Å². The number of nitrogens with one attached hydrogen (secondary N) is 1. The van der Waals surface area contributed by atoms with Gasteiger partial charge < -0.3 is 10.2 Å². The molecule has 0 bridgehead atoms. The Bertz CT molecular complexity index is 454. The minimum atomic E-state index is -0.0834. The van der Waals surface area contributed by atoms with Gasteiger partial charge in [0.2, 0.25) is 5.91 Å². The molecular formula is C10H10ClN3OS. The Morgan fingerprint density at radius 1 is 1.62 bits per heavy atom. The minimum absolute atomic E-state index is 0.0452. The van der Waals surface area contributed by atoms with Gasteiger partial charge in [-0.15, -0.1) is 0 Å². The van der Waals surface area contributed by atoms with E-state index in [4.69, 9.17) is 11.6 Å². The Morgan fingerprint density at radius 3 is 3.38 bits per heavy atom. The van der Waals surface area contributed by atoms with E-state index in [-0.39, 0.29) is 11.9 Å². The highest BCUT2D eigenvalue weighted by atomic mass is 35.5. The molecule has 0 radical (unpaired) electrons. The van der Waals surface area contributed by atoms with Crippen molar-refractivity contribution < 1.29 is 4.79 Å². The zero-order chi connectivity index (χ0) is 11.1. The number of halogens is 1. The molecule has 1 aromatic rings. The van der Waals surface area contributed by atoms with E-state index in [2.05, 4.69) is 15.2 Å². The molecule has 1 aromatic heterocycles. The van der Waals surface area contributed by atoms with E-state index >= 15 is 0 Å². The maximum atomic E-state index is 11.9. The van der Waals surface area contributed by atoms with Gasteiger partial charge >= 0.3 is 0 Å². The van der Waals surface area contributed by atoms with Crippen molar-refractivity contribution in [3.63, 3.8) is 0 Å². The van der Waals surface area contributed by atoms with E-state index in [9.17, 15) is 4.79 Å². The molecular weight excluding hydrogens is 246 g/mol. The van der Waals surface area contributed by atoms with Crippen LogP contribution in [0.1, 0.15) is 0 Å². The number of nitrogens with zero attached hydrogens (tertiary/aromatic N) is 2. The average molecular weight is 256 g/mol. The van der Waals surface area contributed by atoms with Gasteiger partial charge in [0.25, 0.3) is 0 Å². The average Bonchev–Trinajstić information content (AvgIpc) is 2.29. The standard InChI is InChI=1S/C10H10ClN3OS/c11-6-3-7-9(12-4-6)14-1-2-16-5-8(14)10(15)13-7/h3-4,8H,1-2,5H2,(H,13,15). The molecule has 2 aliphatic rings. The second-order valence-electron chi connectivity index (χ2n) is 3.80. The van der Waals surface area contributed by atoms with Crippen molar-refractivity contribution in [2.75, 3.05) is 28.3 Å². The molecule has 0 aromatic carbocycles. The molecule has 16 heavy (non-hydrogen) atoms. The van der Waals surface area contributed by atoms with Crippen LogP contribution in [0, 0.1) is 0 Å². The second kappa shape index (κ2) is 3.82. The predicted molar refractivity (Wildman–Crippen MR) is 66.3 cm³/mol. The third-order valence-corrected chi connectivity index (χ3v) is 4.02. The van der Waals surface area contributed by atoms with Crippen molar-refractivity contribution in [1.82, 2.24) is 4.98 Å². The van der Waals surface area contributed by atoms with Crippen LogP contribution in [-0.2, 0) is 4.79 Å². The first-order valence-corrected chi connectivity index (χ1v) is 6.60. The molecule has 1 N–H and O–H groups in total.